The van der Waals surface area contributed by atoms with E-state index >= 15 is 0 Å². The lowest BCUT2D eigenvalue weighted by molar-refractivity contribution is 0.661. The largest absolute Gasteiger partial charge is 0.456 e. The summed E-state index contributed by atoms with van der Waals surface area (Å²) >= 11 is 0. The van der Waals surface area contributed by atoms with Gasteiger partial charge in [-0.05, 0) is 97.7 Å². The molecule has 0 fully saturated rings. The molecule has 1 aliphatic carbocycles. The Balaban J connectivity index is 1.06. The van der Waals surface area contributed by atoms with E-state index in [1.54, 1.807) is 0 Å². The van der Waals surface area contributed by atoms with Gasteiger partial charge in [0.2, 0.25) is 0 Å². The lowest BCUT2D eigenvalue weighted by Crippen LogP contribution is -2.14. The Morgan fingerprint density at radius 1 is 0.411 bits per heavy atom. The van der Waals surface area contributed by atoms with Crippen LogP contribution in [0.1, 0.15) is 25.0 Å². The first kappa shape index (κ1) is 32.3. The molecule has 0 spiro atoms. The molecule has 3 nitrogen and oxygen atoms in total. The van der Waals surface area contributed by atoms with Crippen LogP contribution in [0.3, 0.4) is 0 Å². The van der Waals surface area contributed by atoms with E-state index < -0.39 is 0 Å². The molecule has 2 heterocycles. The quantitative estimate of drug-likeness (QED) is 0.178. The maximum absolute atomic E-state index is 6.25. The molecule has 0 radical (unpaired) electrons. The maximum Gasteiger partial charge on any atom is 0.160 e. The highest BCUT2D eigenvalue weighted by atomic mass is 16.3. The lowest BCUT2D eigenvalue weighted by atomic mass is 9.81. The zero-order valence-electron chi connectivity index (χ0n) is 31.1. The number of hydrogen-bond donors (Lipinski definition) is 0. The average molecular weight is 717 g/mol. The summed E-state index contributed by atoms with van der Waals surface area (Å²) in [5.41, 5.74) is 16.5. The van der Waals surface area contributed by atoms with E-state index in [0.29, 0.717) is 5.82 Å². The highest BCUT2D eigenvalue weighted by molar-refractivity contribution is 6.12. The van der Waals surface area contributed by atoms with Gasteiger partial charge in [-0.3, -0.25) is 0 Å². The highest BCUT2D eigenvalue weighted by Gasteiger charge is 2.37. The Kier molecular flexibility index (Phi) is 7.20. The monoisotopic (exact) mass is 716 g/mol. The molecule has 3 heteroatoms. The highest BCUT2D eigenvalue weighted by Crippen LogP contribution is 2.53. The minimum atomic E-state index is -0.112. The van der Waals surface area contributed by atoms with Crippen molar-refractivity contribution in [2.45, 2.75) is 19.3 Å². The predicted molar refractivity (Wildman–Crippen MR) is 232 cm³/mol. The summed E-state index contributed by atoms with van der Waals surface area (Å²) in [6.07, 6.45) is 0. The smallest absolute Gasteiger partial charge is 0.160 e. The molecule has 0 unspecified atom stereocenters. The van der Waals surface area contributed by atoms with Crippen molar-refractivity contribution in [1.29, 1.82) is 0 Å². The summed E-state index contributed by atoms with van der Waals surface area (Å²) in [5, 5.41) is 4.78. The van der Waals surface area contributed by atoms with E-state index in [2.05, 4.69) is 159 Å². The second-order valence-corrected chi connectivity index (χ2v) is 15.4. The molecule has 0 atom stereocenters. The minimum absolute atomic E-state index is 0.112. The second-order valence-electron chi connectivity index (χ2n) is 15.4. The molecule has 0 aliphatic heterocycles. The number of aromatic nitrogens is 2. The third-order valence-electron chi connectivity index (χ3n) is 11.7. The molecule has 8 aromatic carbocycles. The van der Waals surface area contributed by atoms with Gasteiger partial charge < -0.3 is 4.42 Å². The molecule has 10 aromatic rings. The van der Waals surface area contributed by atoms with Crippen LogP contribution in [-0.4, -0.2) is 9.97 Å². The fourth-order valence-corrected chi connectivity index (χ4v) is 8.88. The molecule has 0 bridgehead atoms. The summed E-state index contributed by atoms with van der Waals surface area (Å²) in [6.45, 7) is 4.71. The van der Waals surface area contributed by atoms with Crippen LogP contribution in [0.25, 0.3) is 100.0 Å². The van der Waals surface area contributed by atoms with Gasteiger partial charge in [0, 0.05) is 32.9 Å². The molecule has 11 rings (SSSR count). The Morgan fingerprint density at radius 2 is 0.982 bits per heavy atom. The topological polar surface area (TPSA) is 38.9 Å². The van der Waals surface area contributed by atoms with E-state index in [0.717, 1.165) is 61.1 Å². The molecular weight excluding hydrogens is 681 g/mol. The van der Waals surface area contributed by atoms with Crippen molar-refractivity contribution in [1.82, 2.24) is 9.97 Å². The Bertz CT molecular complexity index is 3170. The molecule has 264 valence electrons. The number of rotatable bonds is 5. The van der Waals surface area contributed by atoms with Crippen molar-refractivity contribution in [3.8, 4) is 67.3 Å². The van der Waals surface area contributed by atoms with Crippen molar-refractivity contribution in [3.05, 3.63) is 193 Å². The van der Waals surface area contributed by atoms with Crippen LogP contribution in [0.5, 0.6) is 0 Å². The number of furan rings is 1. The third kappa shape index (κ3) is 5.12. The molecule has 0 saturated heterocycles. The standard InChI is InChI=1S/C53H36N2O/c1-53(2)44-25-12-23-40(50(44)43-30-34-16-6-7-17-35(34)31-45(43)53)36-18-10-20-38(28-36)46-32-47(55-52(54-46)33-14-4-3-5-15-33)39-21-11-19-37(29-39)41-24-13-27-49-51(41)42-22-8-9-26-48(42)56-49/h3-32H,1-2H3. The van der Waals surface area contributed by atoms with E-state index in [1.807, 2.05) is 36.4 Å². The fraction of sp³-hybridized carbons (Fsp3) is 0.0566. The molecule has 1 aliphatic rings. The number of fused-ring (bicyclic) bond motifs is 7. The normalized spacial score (nSPS) is 13.0. The van der Waals surface area contributed by atoms with Crippen molar-refractivity contribution >= 4 is 32.7 Å². The van der Waals surface area contributed by atoms with Gasteiger partial charge >= 0.3 is 0 Å². The first-order chi connectivity index (χ1) is 27.5. The zero-order valence-corrected chi connectivity index (χ0v) is 31.1. The molecule has 0 N–H and O–H groups in total. The number of para-hydroxylation sites is 1. The van der Waals surface area contributed by atoms with Gasteiger partial charge in [-0.1, -0.05) is 153 Å². The van der Waals surface area contributed by atoms with Crippen LogP contribution in [0, 0.1) is 0 Å². The van der Waals surface area contributed by atoms with Crippen LogP contribution >= 0.6 is 0 Å². The van der Waals surface area contributed by atoms with Gasteiger partial charge in [-0.2, -0.15) is 0 Å². The van der Waals surface area contributed by atoms with Gasteiger partial charge in [-0.15, -0.1) is 0 Å². The van der Waals surface area contributed by atoms with Crippen LogP contribution in [0.2, 0.25) is 0 Å². The minimum Gasteiger partial charge on any atom is -0.456 e. The van der Waals surface area contributed by atoms with Gasteiger partial charge in [0.1, 0.15) is 11.2 Å². The van der Waals surface area contributed by atoms with E-state index in [-0.39, 0.29) is 5.41 Å². The van der Waals surface area contributed by atoms with Crippen LogP contribution < -0.4 is 0 Å². The third-order valence-corrected chi connectivity index (χ3v) is 11.7. The molecule has 56 heavy (non-hydrogen) atoms. The van der Waals surface area contributed by atoms with Gasteiger partial charge in [0.25, 0.3) is 0 Å². The van der Waals surface area contributed by atoms with Crippen LogP contribution in [0.4, 0.5) is 0 Å². The summed E-state index contributed by atoms with van der Waals surface area (Å²) < 4.78 is 6.25. The van der Waals surface area contributed by atoms with E-state index in [1.165, 1.54) is 44.2 Å². The van der Waals surface area contributed by atoms with Gasteiger partial charge in [-0.25, -0.2) is 9.97 Å². The van der Waals surface area contributed by atoms with E-state index in [4.69, 9.17) is 14.4 Å². The second kappa shape index (κ2) is 12.5. The van der Waals surface area contributed by atoms with Crippen molar-refractivity contribution < 1.29 is 4.42 Å². The SMILES string of the molecule is CC1(C)c2cc3ccccc3cc2-c2c(-c3cccc(-c4cc(-c5cccc(-c6cccc7oc8ccccc8c67)c5)nc(-c5ccccc5)n4)c3)cccc21. The first-order valence-electron chi connectivity index (χ1n) is 19.2. The Morgan fingerprint density at radius 3 is 1.75 bits per heavy atom. The summed E-state index contributed by atoms with van der Waals surface area (Å²) in [6, 6.07) is 64.8. The maximum atomic E-state index is 6.25. The van der Waals surface area contributed by atoms with Gasteiger partial charge in [0.05, 0.1) is 11.4 Å². The summed E-state index contributed by atoms with van der Waals surface area (Å²) in [4.78, 5) is 10.4. The van der Waals surface area contributed by atoms with Crippen molar-refractivity contribution in [2.75, 3.05) is 0 Å². The summed E-state index contributed by atoms with van der Waals surface area (Å²) in [7, 11) is 0. The number of hydrogen-bond acceptors (Lipinski definition) is 3. The van der Waals surface area contributed by atoms with E-state index in [9.17, 15) is 0 Å². The van der Waals surface area contributed by atoms with Crippen LogP contribution in [-0.2, 0) is 5.41 Å². The molecular formula is C53H36N2O. The molecule has 0 amide bonds. The zero-order chi connectivity index (χ0) is 37.4. The lowest BCUT2D eigenvalue weighted by Gasteiger charge is -2.22. The first-order valence-corrected chi connectivity index (χ1v) is 19.2. The fourth-order valence-electron chi connectivity index (χ4n) is 8.88. The predicted octanol–water partition coefficient (Wildman–Crippen LogP) is 14.2. The van der Waals surface area contributed by atoms with Crippen LogP contribution in [0.15, 0.2) is 186 Å². The summed E-state index contributed by atoms with van der Waals surface area (Å²) in [5.74, 6) is 0.694. The van der Waals surface area contributed by atoms with Gasteiger partial charge in [0.15, 0.2) is 5.82 Å². The molecule has 0 saturated carbocycles. The average Bonchev–Trinajstić information content (AvgIpc) is 3.75. The van der Waals surface area contributed by atoms with Crippen molar-refractivity contribution in [3.63, 3.8) is 0 Å². The van der Waals surface area contributed by atoms with Crippen molar-refractivity contribution in [2.24, 2.45) is 0 Å². The number of nitrogens with zero attached hydrogens (tertiary/aromatic N) is 2. The number of benzene rings is 8. The molecule has 2 aromatic heterocycles. The Hall–Kier alpha value is -7.10. The Labute approximate surface area is 325 Å².